The fourth-order valence-corrected chi connectivity index (χ4v) is 2.87. The van der Waals surface area contributed by atoms with Crippen molar-refractivity contribution >= 4 is 21.6 Å². The minimum atomic E-state index is 0.476. The lowest BCUT2D eigenvalue weighted by atomic mass is 10.1. The van der Waals surface area contributed by atoms with E-state index in [4.69, 9.17) is 10.5 Å². The second kappa shape index (κ2) is 5.85. The minimum Gasteiger partial charge on any atom is -0.377 e. The first-order chi connectivity index (χ1) is 8.26. The van der Waals surface area contributed by atoms with Crippen LogP contribution in [0.1, 0.15) is 18.9 Å². The van der Waals surface area contributed by atoms with Crippen molar-refractivity contribution in [1.29, 1.82) is 0 Å². The molecule has 1 aliphatic heterocycles. The SMILES string of the molecule is CCC1COCCN1c1ccc(CN)cc1Br. The van der Waals surface area contributed by atoms with E-state index in [9.17, 15) is 0 Å². The summed E-state index contributed by atoms with van der Waals surface area (Å²) in [6, 6.07) is 6.84. The number of ether oxygens (including phenoxy) is 1. The van der Waals surface area contributed by atoms with Crippen LogP contribution in [0.4, 0.5) is 5.69 Å². The molecule has 1 saturated heterocycles. The molecule has 0 aromatic heterocycles. The number of benzene rings is 1. The number of rotatable bonds is 3. The summed E-state index contributed by atoms with van der Waals surface area (Å²) in [6.45, 7) is 5.37. The average Bonchev–Trinajstić information content (AvgIpc) is 2.38. The fourth-order valence-electron chi connectivity index (χ4n) is 2.22. The number of hydrogen-bond acceptors (Lipinski definition) is 3. The molecule has 3 nitrogen and oxygen atoms in total. The highest BCUT2D eigenvalue weighted by Gasteiger charge is 2.23. The van der Waals surface area contributed by atoms with Crippen molar-refractivity contribution in [3.8, 4) is 0 Å². The molecule has 2 rings (SSSR count). The van der Waals surface area contributed by atoms with Gasteiger partial charge in [-0.15, -0.1) is 0 Å². The van der Waals surface area contributed by atoms with Crippen LogP contribution in [0.3, 0.4) is 0 Å². The van der Waals surface area contributed by atoms with E-state index in [-0.39, 0.29) is 0 Å². The van der Waals surface area contributed by atoms with E-state index in [0.29, 0.717) is 12.6 Å². The van der Waals surface area contributed by atoms with Crippen LogP contribution in [0.5, 0.6) is 0 Å². The molecule has 1 fully saturated rings. The van der Waals surface area contributed by atoms with E-state index in [1.807, 2.05) is 0 Å². The predicted molar refractivity (Wildman–Crippen MR) is 74.3 cm³/mol. The number of nitrogens with two attached hydrogens (primary N) is 1. The van der Waals surface area contributed by atoms with E-state index in [1.165, 1.54) is 5.69 Å². The molecule has 1 aromatic carbocycles. The van der Waals surface area contributed by atoms with Crippen LogP contribution in [-0.2, 0) is 11.3 Å². The molecule has 0 bridgehead atoms. The summed E-state index contributed by atoms with van der Waals surface area (Å²) < 4.78 is 6.66. The van der Waals surface area contributed by atoms with Crippen molar-refractivity contribution in [2.75, 3.05) is 24.7 Å². The molecule has 2 N–H and O–H groups in total. The molecule has 94 valence electrons. The molecule has 1 heterocycles. The maximum absolute atomic E-state index is 5.65. The van der Waals surface area contributed by atoms with Crippen LogP contribution in [0, 0.1) is 0 Å². The van der Waals surface area contributed by atoms with Crippen molar-refractivity contribution < 1.29 is 4.74 Å². The van der Waals surface area contributed by atoms with Crippen molar-refractivity contribution in [3.05, 3.63) is 28.2 Å². The van der Waals surface area contributed by atoms with Crippen LogP contribution < -0.4 is 10.6 Å². The number of halogens is 1. The molecule has 1 atom stereocenters. The van der Waals surface area contributed by atoms with Gasteiger partial charge in [-0.25, -0.2) is 0 Å². The Bertz CT molecular complexity index is 384. The van der Waals surface area contributed by atoms with E-state index >= 15 is 0 Å². The Balaban J connectivity index is 2.25. The Morgan fingerprint density at radius 2 is 2.35 bits per heavy atom. The van der Waals surface area contributed by atoms with Gasteiger partial charge in [0.2, 0.25) is 0 Å². The maximum Gasteiger partial charge on any atom is 0.0670 e. The van der Waals surface area contributed by atoms with Crippen molar-refractivity contribution in [3.63, 3.8) is 0 Å². The third-order valence-corrected chi connectivity index (χ3v) is 3.89. The summed E-state index contributed by atoms with van der Waals surface area (Å²) in [4.78, 5) is 2.42. The summed E-state index contributed by atoms with van der Waals surface area (Å²) in [6.07, 6.45) is 1.10. The average molecular weight is 299 g/mol. The van der Waals surface area contributed by atoms with Gasteiger partial charge in [0.05, 0.1) is 24.9 Å². The lowest BCUT2D eigenvalue weighted by Gasteiger charge is -2.37. The van der Waals surface area contributed by atoms with Gasteiger partial charge in [0.25, 0.3) is 0 Å². The first-order valence-corrected chi connectivity index (χ1v) is 6.88. The summed E-state index contributed by atoms with van der Waals surface area (Å²) in [5, 5.41) is 0. The van der Waals surface area contributed by atoms with Gasteiger partial charge in [0.1, 0.15) is 0 Å². The standard InChI is InChI=1S/C13H19BrN2O/c1-2-11-9-17-6-5-16(11)13-4-3-10(8-15)7-12(13)14/h3-4,7,11H,2,5-6,8-9,15H2,1H3. The summed E-state index contributed by atoms with van der Waals surface area (Å²) >= 11 is 3.64. The first-order valence-electron chi connectivity index (χ1n) is 6.09. The minimum absolute atomic E-state index is 0.476. The van der Waals surface area contributed by atoms with Crippen LogP contribution in [0.25, 0.3) is 0 Å². The van der Waals surface area contributed by atoms with E-state index in [2.05, 4.69) is 46.0 Å². The van der Waals surface area contributed by atoms with Crippen molar-refractivity contribution in [2.45, 2.75) is 25.9 Å². The highest BCUT2D eigenvalue weighted by molar-refractivity contribution is 9.10. The number of hydrogen-bond donors (Lipinski definition) is 1. The zero-order valence-corrected chi connectivity index (χ0v) is 11.7. The Labute approximate surface area is 111 Å². The van der Waals surface area contributed by atoms with Crippen molar-refractivity contribution in [1.82, 2.24) is 0 Å². The molecule has 0 saturated carbocycles. The molecule has 0 spiro atoms. The number of nitrogens with zero attached hydrogens (tertiary/aromatic N) is 1. The zero-order valence-electron chi connectivity index (χ0n) is 10.2. The third-order valence-electron chi connectivity index (χ3n) is 3.26. The highest BCUT2D eigenvalue weighted by Crippen LogP contribution is 2.30. The number of morpholine rings is 1. The summed E-state index contributed by atoms with van der Waals surface area (Å²) in [5.74, 6) is 0. The Kier molecular flexibility index (Phi) is 4.42. The molecule has 0 aliphatic carbocycles. The normalized spacial score (nSPS) is 20.6. The number of anilines is 1. The van der Waals surface area contributed by atoms with Gasteiger partial charge < -0.3 is 15.4 Å². The molecule has 1 aliphatic rings. The van der Waals surface area contributed by atoms with Gasteiger partial charge in [-0.05, 0) is 40.0 Å². The second-order valence-corrected chi connectivity index (χ2v) is 5.17. The van der Waals surface area contributed by atoms with Gasteiger partial charge in [0.15, 0.2) is 0 Å². The maximum atomic E-state index is 5.65. The van der Waals surface area contributed by atoms with Gasteiger partial charge in [-0.3, -0.25) is 0 Å². The molecule has 4 heteroatoms. The van der Waals surface area contributed by atoms with Crippen LogP contribution >= 0.6 is 15.9 Å². The monoisotopic (exact) mass is 298 g/mol. The van der Waals surface area contributed by atoms with Gasteiger partial charge in [-0.1, -0.05) is 13.0 Å². The smallest absolute Gasteiger partial charge is 0.0670 e. The van der Waals surface area contributed by atoms with E-state index in [0.717, 1.165) is 36.2 Å². The molecular weight excluding hydrogens is 280 g/mol. The predicted octanol–water partition coefficient (Wildman–Crippen LogP) is 2.52. The van der Waals surface area contributed by atoms with Crippen LogP contribution in [-0.4, -0.2) is 25.8 Å². The van der Waals surface area contributed by atoms with E-state index in [1.54, 1.807) is 0 Å². The largest absolute Gasteiger partial charge is 0.377 e. The molecule has 1 aromatic rings. The zero-order chi connectivity index (χ0) is 12.3. The van der Waals surface area contributed by atoms with Crippen LogP contribution in [0.15, 0.2) is 22.7 Å². The topological polar surface area (TPSA) is 38.5 Å². The Morgan fingerprint density at radius 1 is 1.53 bits per heavy atom. The summed E-state index contributed by atoms with van der Waals surface area (Å²) in [7, 11) is 0. The van der Waals surface area contributed by atoms with Gasteiger partial charge in [-0.2, -0.15) is 0 Å². The molecule has 0 radical (unpaired) electrons. The molecular formula is C13H19BrN2O. The Hall–Kier alpha value is -0.580. The van der Waals surface area contributed by atoms with Crippen molar-refractivity contribution in [2.24, 2.45) is 5.73 Å². The molecule has 0 amide bonds. The lowest BCUT2D eigenvalue weighted by molar-refractivity contribution is 0.0929. The first kappa shape index (κ1) is 12.9. The van der Waals surface area contributed by atoms with Gasteiger partial charge in [0, 0.05) is 17.6 Å². The van der Waals surface area contributed by atoms with Crippen LogP contribution in [0.2, 0.25) is 0 Å². The Morgan fingerprint density at radius 3 is 3.00 bits per heavy atom. The van der Waals surface area contributed by atoms with E-state index < -0.39 is 0 Å². The molecule has 17 heavy (non-hydrogen) atoms. The fraction of sp³-hybridized carbons (Fsp3) is 0.538. The highest BCUT2D eigenvalue weighted by atomic mass is 79.9. The summed E-state index contributed by atoms with van der Waals surface area (Å²) in [5.41, 5.74) is 8.05. The molecule has 1 unspecified atom stereocenters. The lowest BCUT2D eigenvalue weighted by Crippen LogP contribution is -2.45. The quantitative estimate of drug-likeness (QED) is 0.932. The van der Waals surface area contributed by atoms with Gasteiger partial charge >= 0.3 is 0 Å². The second-order valence-electron chi connectivity index (χ2n) is 4.32. The third kappa shape index (κ3) is 2.81.